The predicted molar refractivity (Wildman–Crippen MR) is 112 cm³/mol. The fraction of sp³-hybridized carbons (Fsp3) is 0.136. The lowest BCUT2D eigenvalue weighted by molar-refractivity contribution is 0.455. The van der Waals surface area contributed by atoms with Crippen LogP contribution in [0.2, 0.25) is 0 Å². The van der Waals surface area contributed by atoms with Crippen LogP contribution < -0.4 is 10.9 Å². The molecule has 2 unspecified atom stereocenters. The number of halogens is 1. The maximum Gasteiger partial charge on any atom is 0.142 e. The van der Waals surface area contributed by atoms with E-state index in [0.29, 0.717) is 0 Å². The van der Waals surface area contributed by atoms with Crippen molar-refractivity contribution in [1.82, 2.24) is 20.4 Å². The Bertz CT molecular complexity index is 1070. The van der Waals surface area contributed by atoms with Crippen molar-refractivity contribution in [2.75, 3.05) is 0 Å². The Morgan fingerprint density at radius 2 is 1.59 bits per heavy atom. The van der Waals surface area contributed by atoms with Gasteiger partial charge in [-0.15, -0.1) is 0 Å². The van der Waals surface area contributed by atoms with Crippen LogP contribution in [0.3, 0.4) is 0 Å². The molecule has 0 spiro atoms. The number of fused-ring (bicyclic) bond motifs is 1. The number of para-hydroxylation sites is 2. The third-order valence-corrected chi connectivity index (χ3v) is 5.62. The summed E-state index contributed by atoms with van der Waals surface area (Å²) in [6.07, 6.45) is 1.08. The molecule has 1 fully saturated rings. The molecule has 5 rings (SSSR count). The first kappa shape index (κ1) is 16.7. The summed E-state index contributed by atoms with van der Waals surface area (Å²) in [5, 5.41) is 0. The van der Waals surface area contributed by atoms with Gasteiger partial charge in [0, 0.05) is 22.5 Å². The predicted octanol–water partition coefficient (Wildman–Crippen LogP) is 5.20. The highest BCUT2D eigenvalue weighted by molar-refractivity contribution is 9.10. The normalized spacial score (nSPS) is 19.6. The number of nitrogens with one attached hydrogen (secondary N) is 2. The summed E-state index contributed by atoms with van der Waals surface area (Å²) in [5.41, 5.74) is 11.5. The molecule has 2 heterocycles. The number of hydrogen-bond donors (Lipinski definition) is 2. The Morgan fingerprint density at radius 1 is 0.852 bits per heavy atom. The van der Waals surface area contributed by atoms with Gasteiger partial charge in [0.05, 0.1) is 11.0 Å². The highest BCUT2D eigenvalue weighted by Crippen LogP contribution is 2.34. The second kappa shape index (κ2) is 6.93. The minimum absolute atomic E-state index is 0.126. The smallest absolute Gasteiger partial charge is 0.142 e. The van der Waals surface area contributed by atoms with Crippen LogP contribution in [0.25, 0.3) is 22.4 Å². The van der Waals surface area contributed by atoms with Crippen molar-refractivity contribution in [2.45, 2.75) is 18.6 Å². The zero-order valence-corrected chi connectivity index (χ0v) is 16.2. The summed E-state index contributed by atoms with van der Waals surface area (Å²) in [6.45, 7) is 0. The number of benzene rings is 3. The summed E-state index contributed by atoms with van der Waals surface area (Å²) >= 11 is 3.52. The molecular weight excluding hydrogens is 400 g/mol. The van der Waals surface area contributed by atoms with E-state index in [9.17, 15) is 0 Å². The van der Waals surface area contributed by atoms with Crippen molar-refractivity contribution < 1.29 is 0 Å². The first-order valence-corrected chi connectivity index (χ1v) is 9.88. The second-order valence-corrected chi connectivity index (χ2v) is 7.72. The van der Waals surface area contributed by atoms with Gasteiger partial charge in [0.1, 0.15) is 12.0 Å². The quantitative estimate of drug-likeness (QED) is 0.480. The molecule has 0 radical (unpaired) electrons. The zero-order chi connectivity index (χ0) is 18.2. The van der Waals surface area contributed by atoms with E-state index in [4.69, 9.17) is 4.98 Å². The van der Waals surface area contributed by atoms with Crippen molar-refractivity contribution in [3.63, 3.8) is 0 Å². The summed E-state index contributed by atoms with van der Waals surface area (Å²) < 4.78 is 3.38. The van der Waals surface area contributed by atoms with E-state index < -0.39 is 0 Å². The molecule has 0 aliphatic carbocycles. The van der Waals surface area contributed by atoms with Crippen LogP contribution in [0.4, 0.5) is 0 Å². The molecule has 0 bridgehead atoms. The standard InChI is InChI=1S/C22H19BrN4/c23-17-12-10-16(11-13-17)22-24-18-8-4-5-9-20(18)27(22)21-14-19(25-26-21)15-6-2-1-3-7-15/h1-13,19,21,25-26H,14H2. The van der Waals surface area contributed by atoms with Gasteiger partial charge >= 0.3 is 0 Å². The summed E-state index contributed by atoms with van der Waals surface area (Å²) in [6, 6.07) is 27.5. The summed E-state index contributed by atoms with van der Waals surface area (Å²) in [5.74, 6) is 0.983. The minimum Gasteiger partial charge on any atom is -0.306 e. The number of aromatic nitrogens is 2. The molecule has 4 aromatic rings. The van der Waals surface area contributed by atoms with E-state index in [-0.39, 0.29) is 12.2 Å². The van der Waals surface area contributed by atoms with Crippen molar-refractivity contribution >= 4 is 27.0 Å². The van der Waals surface area contributed by atoms with E-state index >= 15 is 0 Å². The van der Waals surface area contributed by atoms with Crippen molar-refractivity contribution in [3.8, 4) is 11.4 Å². The van der Waals surface area contributed by atoms with Crippen molar-refractivity contribution in [2.24, 2.45) is 0 Å². The van der Waals surface area contributed by atoms with E-state index in [1.54, 1.807) is 0 Å². The third-order valence-electron chi connectivity index (χ3n) is 5.09. The fourth-order valence-corrected chi connectivity index (χ4v) is 4.04. The van der Waals surface area contributed by atoms with Gasteiger partial charge in [0.15, 0.2) is 0 Å². The van der Waals surface area contributed by atoms with Crippen LogP contribution in [-0.4, -0.2) is 9.55 Å². The minimum atomic E-state index is 0.126. The maximum absolute atomic E-state index is 4.93. The molecule has 5 heteroatoms. The van der Waals surface area contributed by atoms with Gasteiger partial charge in [-0.05, 0) is 29.8 Å². The number of imidazole rings is 1. The average Bonchev–Trinajstić information content (AvgIpc) is 3.34. The second-order valence-electron chi connectivity index (χ2n) is 6.80. The third kappa shape index (κ3) is 3.08. The highest BCUT2D eigenvalue weighted by atomic mass is 79.9. The number of nitrogens with zero attached hydrogens (tertiary/aromatic N) is 2. The monoisotopic (exact) mass is 418 g/mol. The SMILES string of the molecule is Brc1ccc(-c2nc3ccccc3n2C2CC(c3ccccc3)NN2)cc1. The van der Waals surface area contributed by atoms with Gasteiger partial charge < -0.3 is 4.57 Å². The first-order valence-electron chi connectivity index (χ1n) is 9.08. The Balaban J connectivity index is 1.58. The maximum atomic E-state index is 4.93. The van der Waals surface area contributed by atoms with Gasteiger partial charge in [-0.25, -0.2) is 15.8 Å². The molecule has 1 aliphatic rings. The lowest BCUT2D eigenvalue weighted by atomic mass is 10.0. The lowest BCUT2D eigenvalue weighted by Gasteiger charge is -2.16. The molecule has 4 nitrogen and oxygen atoms in total. The fourth-order valence-electron chi connectivity index (χ4n) is 3.78. The topological polar surface area (TPSA) is 41.9 Å². The molecule has 0 saturated carbocycles. The van der Waals surface area contributed by atoms with Gasteiger partial charge in [0.2, 0.25) is 0 Å². The van der Waals surface area contributed by atoms with Gasteiger partial charge in [0.25, 0.3) is 0 Å². The Hall–Kier alpha value is -2.47. The van der Waals surface area contributed by atoms with Crippen LogP contribution in [0.15, 0.2) is 83.3 Å². The number of rotatable bonds is 3. The molecule has 3 aromatic carbocycles. The molecule has 27 heavy (non-hydrogen) atoms. The molecule has 1 aromatic heterocycles. The van der Waals surface area contributed by atoms with E-state index in [0.717, 1.165) is 33.3 Å². The molecule has 2 atom stereocenters. The van der Waals surface area contributed by atoms with E-state index in [1.165, 1.54) is 5.56 Å². The van der Waals surface area contributed by atoms with Crippen LogP contribution in [0, 0.1) is 0 Å². The molecule has 2 N–H and O–H groups in total. The van der Waals surface area contributed by atoms with Crippen molar-refractivity contribution in [1.29, 1.82) is 0 Å². The number of hydrogen-bond acceptors (Lipinski definition) is 3. The largest absolute Gasteiger partial charge is 0.306 e. The van der Waals surface area contributed by atoms with Gasteiger partial charge in [-0.3, -0.25) is 0 Å². The Labute approximate surface area is 166 Å². The lowest BCUT2D eigenvalue weighted by Crippen LogP contribution is -2.29. The van der Waals surface area contributed by atoms with Gasteiger partial charge in [-0.1, -0.05) is 70.5 Å². The molecule has 0 amide bonds. The van der Waals surface area contributed by atoms with Crippen LogP contribution in [-0.2, 0) is 0 Å². The highest BCUT2D eigenvalue weighted by Gasteiger charge is 2.29. The molecule has 1 saturated heterocycles. The first-order chi connectivity index (χ1) is 13.3. The Kier molecular flexibility index (Phi) is 4.28. The molecule has 134 valence electrons. The van der Waals surface area contributed by atoms with Crippen LogP contribution in [0.5, 0.6) is 0 Å². The molecular formula is C22H19BrN4. The summed E-state index contributed by atoms with van der Waals surface area (Å²) in [7, 11) is 0. The average molecular weight is 419 g/mol. The van der Waals surface area contributed by atoms with Gasteiger partial charge in [-0.2, -0.15) is 0 Å². The van der Waals surface area contributed by atoms with E-state index in [1.807, 2.05) is 6.07 Å². The number of hydrazine groups is 1. The van der Waals surface area contributed by atoms with Crippen LogP contribution >= 0.6 is 15.9 Å². The van der Waals surface area contributed by atoms with Crippen molar-refractivity contribution in [3.05, 3.63) is 88.9 Å². The van der Waals surface area contributed by atoms with Crippen LogP contribution in [0.1, 0.15) is 24.2 Å². The van der Waals surface area contributed by atoms with E-state index in [2.05, 4.69) is 104 Å². The summed E-state index contributed by atoms with van der Waals surface area (Å²) in [4.78, 5) is 4.93. The Morgan fingerprint density at radius 3 is 2.41 bits per heavy atom. The molecule has 1 aliphatic heterocycles. The zero-order valence-electron chi connectivity index (χ0n) is 14.6.